The number of carbonyl (C=O) groups excluding carboxylic acids is 3. The molecule has 3 aliphatic rings. The number of carbonyl (C=O) groups is 3. The van der Waals surface area contributed by atoms with Gasteiger partial charge < -0.3 is 101 Å². The molecule has 0 aromatic rings. The molecule has 28 heteroatoms. The zero-order chi connectivity index (χ0) is 43.8. The highest BCUT2D eigenvalue weighted by Gasteiger charge is 2.53. The summed E-state index contributed by atoms with van der Waals surface area (Å²) in [7, 11) is -5.06. The van der Waals surface area contributed by atoms with E-state index in [-0.39, 0.29) is 0 Å². The van der Waals surface area contributed by atoms with Crippen molar-refractivity contribution in [2.45, 2.75) is 137 Å². The number of hydrogen-bond donors (Lipinski definition) is 15. The maximum Gasteiger partial charge on any atom is 0.397 e. The van der Waals surface area contributed by atoms with E-state index in [4.69, 9.17) is 33.0 Å². The molecular weight excluding hydrogens is 818 g/mol. The Bertz CT molecular complexity index is 1450. The molecule has 15 N–H and O–H groups in total. The number of nitrogens with one attached hydrogen (secondary N) is 3. The summed E-state index contributed by atoms with van der Waals surface area (Å²) in [6, 6.07) is -4.94. The second kappa shape index (κ2) is 21.9. The van der Waals surface area contributed by atoms with Crippen molar-refractivity contribution in [3.8, 4) is 0 Å². The molecular formula is C30H53N3O24S. The van der Waals surface area contributed by atoms with Crippen LogP contribution in [0.5, 0.6) is 0 Å². The van der Waals surface area contributed by atoms with Gasteiger partial charge in [0, 0.05) is 20.8 Å². The molecule has 3 saturated heterocycles. The molecule has 3 amide bonds. The van der Waals surface area contributed by atoms with Gasteiger partial charge in [-0.25, -0.2) is 4.18 Å². The quantitative estimate of drug-likeness (QED) is 0.0536. The molecule has 338 valence electrons. The molecule has 19 atom stereocenters. The molecule has 3 aliphatic heterocycles. The molecule has 3 fully saturated rings. The fourth-order valence-electron chi connectivity index (χ4n) is 6.40. The van der Waals surface area contributed by atoms with Crippen molar-refractivity contribution in [3.05, 3.63) is 0 Å². The number of aliphatic hydroxyl groups is 11. The zero-order valence-corrected chi connectivity index (χ0v) is 32.0. The Labute approximate surface area is 330 Å². The molecule has 3 heterocycles. The Kier molecular flexibility index (Phi) is 18.9. The van der Waals surface area contributed by atoms with E-state index >= 15 is 0 Å². The number of hydrogen-bond acceptors (Lipinski definition) is 23. The van der Waals surface area contributed by atoms with E-state index in [1.54, 1.807) is 0 Å². The van der Waals surface area contributed by atoms with E-state index in [9.17, 15) is 79.0 Å². The van der Waals surface area contributed by atoms with Gasteiger partial charge in [0.2, 0.25) is 17.7 Å². The minimum absolute atomic E-state index is 0.776. The minimum Gasteiger partial charge on any atom is -0.394 e. The third kappa shape index (κ3) is 13.1. The number of rotatable bonds is 19. The summed E-state index contributed by atoms with van der Waals surface area (Å²) in [5.41, 5.74) is 0. The Balaban J connectivity index is 1.89. The van der Waals surface area contributed by atoms with E-state index < -0.39 is 178 Å². The lowest BCUT2D eigenvalue weighted by molar-refractivity contribution is -0.353. The van der Waals surface area contributed by atoms with E-state index in [2.05, 4.69) is 20.1 Å². The maximum absolute atomic E-state index is 12.3. The predicted octanol–water partition coefficient (Wildman–Crippen LogP) is -9.85. The van der Waals surface area contributed by atoms with Crippen LogP contribution >= 0.6 is 0 Å². The summed E-state index contributed by atoms with van der Waals surface area (Å²) in [5, 5.41) is 123. The van der Waals surface area contributed by atoms with Gasteiger partial charge in [-0.3, -0.25) is 18.9 Å². The van der Waals surface area contributed by atoms with Gasteiger partial charge >= 0.3 is 10.4 Å². The van der Waals surface area contributed by atoms with Gasteiger partial charge in [0.15, 0.2) is 18.9 Å². The first-order valence-electron chi connectivity index (χ1n) is 17.6. The Morgan fingerprint density at radius 2 is 1.22 bits per heavy atom. The molecule has 19 unspecified atom stereocenters. The van der Waals surface area contributed by atoms with Crippen molar-refractivity contribution in [1.29, 1.82) is 0 Å². The minimum atomic E-state index is -5.06. The third-order valence-electron chi connectivity index (χ3n) is 9.25. The molecule has 0 saturated carbocycles. The van der Waals surface area contributed by atoms with Crippen molar-refractivity contribution in [3.63, 3.8) is 0 Å². The van der Waals surface area contributed by atoms with E-state index in [0.717, 1.165) is 20.8 Å². The van der Waals surface area contributed by atoms with Crippen LogP contribution in [-0.2, 0) is 57.4 Å². The van der Waals surface area contributed by atoms with Crippen molar-refractivity contribution in [2.24, 2.45) is 0 Å². The van der Waals surface area contributed by atoms with E-state index in [1.165, 1.54) is 0 Å². The largest absolute Gasteiger partial charge is 0.397 e. The van der Waals surface area contributed by atoms with Gasteiger partial charge in [0.1, 0.15) is 91.4 Å². The number of amides is 3. The highest BCUT2D eigenvalue weighted by atomic mass is 32.3. The topological polar surface area (TPSA) is 429 Å². The molecule has 0 bridgehead atoms. The molecule has 27 nitrogen and oxygen atoms in total. The van der Waals surface area contributed by atoms with Crippen LogP contribution in [0.25, 0.3) is 0 Å². The van der Waals surface area contributed by atoms with Crippen LogP contribution < -0.4 is 16.0 Å². The molecule has 0 aromatic carbocycles. The van der Waals surface area contributed by atoms with Crippen molar-refractivity contribution in [1.82, 2.24) is 16.0 Å². The second-order valence-corrected chi connectivity index (χ2v) is 14.8. The van der Waals surface area contributed by atoms with Gasteiger partial charge in [-0.05, 0) is 0 Å². The number of ether oxygens (including phenoxy) is 6. The smallest absolute Gasteiger partial charge is 0.394 e. The normalized spacial score (nSPS) is 37.9. The van der Waals surface area contributed by atoms with E-state index in [1.807, 2.05) is 0 Å². The van der Waals surface area contributed by atoms with Crippen LogP contribution in [0.2, 0.25) is 0 Å². The van der Waals surface area contributed by atoms with E-state index in [0.29, 0.717) is 0 Å². The van der Waals surface area contributed by atoms with Crippen molar-refractivity contribution < 1.29 is 116 Å². The van der Waals surface area contributed by atoms with Crippen LogP contribution in [0.1, 0.15) is 20.8 Å². The lowest BCUT2D eigenvalue weighted by atomic mass is 9.94. The highest BCUT2D eigenvalue weighted by Crippen LogP contribution is 2.31. The zero-order valence-electron chi connectivity index (χ0n) is 31.2. The van der Waals surface area contributed by atoms with Crippen LogP contribution in [0, 0.1) is 0 Å². The van der Waals surface area contributed by atoms with Gasteiger partial charge in [0.25, 0.3) is 0 Å². The lowest BCUT2D eigenvalue weighted by Gasteiger charge is -2.48. The third-order valence-corrected chi connectivity index (χ3v) is 9.68. The first kappa shape index (κ1) is 50.0. The molecule has 0 spiro atoms. The summed E-state index contributed by atoms with van der Waals surface area (Å²) in [4.78, 5) is 36.3. The monoisotopic (exact) mass is 871 g/mol. The highest BCUT2D eigenvalue weighted by molar-refractivity contribution is 7.80. The summed E-state index contributed by atoms with van der Waals surface area (Å²) in [5.74, 6) is -2.40. The first-order chi connectivity index (χ1) is 27.0. The SMILES string of the molecule is CC(=O)NC(CO)C(OC1OC(CO)C(OC2OC(CO)C(O)C(O)C2O)C(O)C1NC(C)=O)C(O)C(O)COC1OC(COS(=O)(=O)O)C(O)C(O)C1NC(C)=O. The average Bonchev–Trinajstić information content (AvgIpc) is 3.15. The van der Waals surface area contributed by atoms with Crippen LogP contribution in [-0.4, -0.2) is 236 Å². The molecule has 0 aliphatic carbocycles. The molecule has 3 rings (SSSR count). The van der Waals surface area contributed by atoms with Gasteiger partial charge in [0.05, 0.1) is 39.1 Å². The van der Waals surface area contributed by atoms with Crippen LogP contribution in [0.3, 0.4) is 0 Å². The van der Waals surface area contributed by atoms with Crippen molar-refractivity contribution >= 4 is 28.1 Å². The lowest BCUT2D eigenvalue weighted by Crippen LogP contribution is -2.69. The van der Waals surface area contributed by atoms with Crippen molar-refractivity contribution in [2.75, 3.05) is 33.0 Å². The summed E-state index contributed by atoms with van der Waals surface area (Å²) >= 11 is 0. The van der Waals surface area contributed by atoms with Gasteiger partial charge in [-0.2, -0.15) is 8.42 Å². The predicted molar refractivity (Wildman–Crippen MR) is 181 cm³/mol. The average molecular weight is 872 g/mol. The Morgan fingerprint density at radius 3 is 1.74 bits per heavy atom. The maximum atomic E-state index is 12.3. The summed E-state index contributed by atoms with van der Waals surface area (Å²) in [6.07, 6.45) is -30.0. The Hall–Kier alpha value is -2.40. The summed E-state index contributed by atoms with van der Waals surface area (Å²) < 4.78 is 68.9. The van der Waals surface area contributed by atoms with Gasteiger partial charge in [-0.15, -0.1) is 0 Å². The Morgan fingerprint density at radius 1 is 0.690 bits per heavy atom. The van der Waals surface area contributed by atoms with Crippen LogP contribution in [0.4, 0.5) is 0 Å². The molecule has 0 aromatic heterocycles. The fourth-order valence-corrected chi connectivity index (χ4v) is 6.71. The first-order valence-corrected chi connectivity index (χ1v) is 19.0. The standard InChI is InChI=1S/C30H53N3O24S/c1-9(37)31-12(4-34)26(19(41)13(40)7-51-28-17(32-10(2)38)22(44)21(43)16(55-28)8-52-58(48,49)50)56-29-18(33-11(3)39)23(45)27(15(6-36)54-29)57-30-25(47)24(46)20(42)14(5-35)53-30/h12-30,34-36,40-47H,4-8H2,1-3H3,(H,31,37)(H,32,38)(H,33,39)(H,48,49,50). The second-order valence-electron chi connectivity index (χ2n) is 13.7. The molecule has 58 heavy (non-hydrogen) atoms. The number of aliphatic hydroxyl groups excluding tert-OH is 11. The molecule has 0 radical (unpaired) electrons. The summed E-state index contributed by atoms with van der Waals surface area (Å²) in [6.45, 7) is -1.87. The van der Waals surface area contributed by atoms with Gasteiger partial charge in [-0.1, -0.05) is 0 Å². The fraction of sp³-hybridized carbons (Fsp3) is 0.900. The van der Waals surface area contributed by atoms with Crippen LogP contribution in [0.15, 0.2) is 0 Å².